The number of sulfonamides is 1. The number of aryl methyl sites for hydroxylation is 1. The van der Waals surface area contributed by atoms with E-state index >= 15 is 0 Å². The number of hydrogen-bond donors (Lipinski definition) is 2. The van der Waals surface area contributed by atoms with Crippen LogP contribution in [-0.2, 0) is 16.2 Å². The molecule has 28 heavy (non-hydrogen) atoms. The van der Waals surface area contributed by atoms with Gasteiger partial charge in [0.15, 0.2) is 0 Å². The molecular formula is C19H21F3N2O3S. The van der Waals surface area contributed by atoms with Gasteiger partial charge in [-0.05, 0) is 58.0 Å². The summed E-state index contributed by atoms with van der Waals surface area (Å²) in [6.07, 6.45) is -4.69. The molecule has 0 fully saturated rings. The van der Waals surface area contributed by atoms with E-state index in [4.69, 9.17) is 0 Å². The molecule has 2 aromatic rings. The van der Waals surface area contributed by atoms with Gasteiger partial charge in [0.05, 0.1) is 21.7 Å². The second kappa shape index (κ2) is 7.46. The fraction of sp³-hybridized carbons (Fsp3) is 0.316. The average molecular weight is 414 g/mol. The molecule has 5 nitrogen and oxygen atoms in total. The van der Waals surface area contributed by atoms with E-state index in [1.807, 2.05) is 0 Å². The number of benzene rings is 2. The maximum absolute atomic E-state index is 13.1. The molecule has 0 saturated heterocycles. The first-order valence-electron chi connectivity index (χ1n) is 8.32. The molecular weight excluding hydrogens is 393 g/mol. The van der Waals surface area contributed by atoms with Gasteiger partial charge in [0.2, 0.25) is 0 Å². The van der Waals surface area contributed by atoms with Gasteiger partial charge in [-0.15, -0.1) is 0 Å². The third-order valence-corrected chi connectivity index (χ3v) is 5.04. The average Bonchev–Trinajstić information content (AvgIpc) is 2.52. The number of alkyl halides is 3. The van der Waals surface area contributed by atoms with E-state index in [1.54, 1.807) is 39.8 Å². The summed E-state index contributed by atoms with van der Waals surface area (Å²) >= 11 is 0. The zero-order valence-electron chi connectivity index (χ0n) is 15.8. The lowest BCUT2D eigenvalue weighted by Gasteiger charge is -2.22. The molecule has 0 heterocycles. The summed E-state index contributed by atoms with van der Waals surface area (Å²) in [6.45, 7) is 6.87. The Kier molecular flexibility index (Phi) is 5.79. The lowest BCUT2D eigenvalue weighted by molar-refractivity contribution is -0.137. The third-order valence-electron chi connectivity index (χ3n) is 3.66. The molecule has 2 aromatic carbocycles. The topological polar surface area (TPSA) is 75.3 Å². The number of carbonyl (C=O) groups excluding carboxylic acids is 1. The van der Waals surface area contributed by atoms with Crippen LogP contribution in [0.2, 0.25) is 0 Å². The molecule has 152 valence electrons. The lowest BCUT2D eigenvalue weighted by Crippen LogP contribution is -2.41. The summed E-state index contributed by atoms with van der Waals surface area (Å²) in [4.78, 5) is 12.4. The largest absolute Gasteiger partial charge is 0.416 e. The van der Waals surface area contributed by atoms with Crippen LogP contribution in [-0.4, -0.2) is 19.9 Å². The number of nitrogens with one attached hydrogen (secondary N) is 2. The Morgan fingerprint density at radius 3 is 2.04 bits per heavy atom. The van der Waals surface area contributed by atoms with Gasteiger partial charge in [0.25, 0.3) is 15.9 Å². The van der Waals surface area contributed by atoms with Crippen LogP contribution in [0.3, 0.4) is 0 Å². The summed E-state index contributed by atoms with van der Waals surface area (Å²) < 4.78 is 66.6. The monoisotopic (exact) mass is 414 g/mol. The maximum Gasteiger partial charge on any atom is 0.416 e. The van der Waals surface area contributed by atoms with Crippen molar-refractivity contribution in [2.45, 2.75) is 44.3 Å². The molecule has 0 spiro atoms. The molecule has 2 N–H and O–H groups in total. The highest BCUT2D eigenvalue weighted by molar-refractivity contribution is 7.92. The smallest absolute Gasteiger partial charge is 0.347 e. The van der Waals surface area contributed by atoms with Crippen molar-refractivity contribution >= 4 is 21.6 Å². The summed E-state index contributed by atoms with van der Waals surface area (Å²) in [5.74, 6) is -0.692. The van der Waals surface area contributed by atoms with Gasteiger partial charge < -0.3 is 5.32 Å². The zero-order chi connectivity index (χ0) is 21.3. The normalized spacial score (nSPS) is 12.5. The van der Waals surface area contributed by atoms with Crippen LogP contribution in [0.5, 0.6) is 0 Å². The highest BCUT2D eigenvalue weighted by Gasteiger charge is 2.32. The third kappa shape index (κ3) is 5.48. The number of carbonyl (C=O) groups is 1. The minimum absolute atomic E-state index is 0.127. The first kappa shape index (κ1) is 21.7. The van der Waals surface area contributed by atoms with Gasteiger partial charge >= 0.3 is 6.18 Å². The van der Waals surface area contributed by atoms with Gasteiger partial charge in [-0.3, -0.25) is 9.52 Å². The highest BCUT2D eigenvalue weighted by atomic mass is 32.2. The van der Waals surface area contributed by atoms with Crippen molar-refractivity contribution in [1.82, 2.24) is 5.32 Å². The van der Waals surface area contributed by atoms with E-state index in [1.165, 1.54) is 12.1 Å². The van der Waals surface area contributed by atoms with Crippen LogP contribution in [0.15, 0.2) is 47.4 Å². The fourth-order valence-electron chi connectivity index (χ4n) is 2.33. The summed E-state index contributed by atoms with van der Waals surface area (Å²) in [5.41, 5.74) is -1.56. The van der Waals surface area contributed by atoms with E-state index in [0.29, 0.717) is 6.07 Å². The van der Waals surface area contributed by atoms with Gasteiger partial charge in [0, 0.05) is 5.54 Å². The lowest BCUT2D eigenvalue weighted by atomic mass is 10.1. The summed E-state index contributed by atoms with van der Waals surface area (Å²) in [5, 5.41) is 2.61. The zero-order valence-corrected chi connectivity index (χ0v) is 16.6. The van der Waals surface area contributed by atoms with Crippen molar-refractivity contribution < 1.29 is 26.4 Å². The van der Waals surface area contributed by atoms with Gasteiger partial charge in [-0.25, -0.2) is 8.42 Å². The predicted octanol–water partition coefficient (Wildman–Crippen LogP) is 4.34. The first-order valence-corrected chi connectivity index (χ1v) is 9.81. The Labute approximate surface area is 162 Å². The van der Waals surface area contributed by atoms with Crippen molar-refractivity contribution in [2.75, 3.05) is 4.72 Å². The van der Waals surface area contributed by atoms with E-state index in [9.17, 15) is 26.4 Å². The van der Waals surface area contributed by atoms with E-state index in [-0.39, 0.29) is 10.5 Å². The van der Waals surface area contributed by atoms with Gasteiger partial charge in [-0.1, -0.05) is 17.7 Å². The molecule has 0 saturated carbocycles. The van der Waals surface area contributed by atoms with Crippen LogP contribution >= 0.6 is 0 Å². The number of amides is 1. The van der Waals surface area contributed by atoms with E-state index < -0.39 is 38.9 Å². The summed E-state index contributed by atoms with van der Waals surface area (Å²) in [7, 11) is -4.19. The van der Waals surface area contributed by atoms with Crippen LogP contribution in [0.25, 0.3) is 0 Å². The quantitative estimate of drug-likeness (QED) is 0.781. The molecule has 0 unspecified atom stereocenters. The Hall–Kier alpha value is -2.55. The first-order chi connectivity index (χ1) is 12.7. The molecule has 0 aliphatic rings. The Morgan fingerprint density at radius 1 is 0.964 bits per heavy atom. The van der Waals surface area contributed by atoms with Crippen molar-refractivity contribution in [3.05, 3.63) is 59.2 Å². The van der Waals surface area contributed by atoms with Crippen LogP contribution < -0.4 is 10.0 Å². The molecule has 0 aromatic heterocycles. The van der Waals surface area contributed by atoms with Crippen molar-refractivity contribution in [3.8, 4) is 0 Å². The molecule has 0 aliphatic carbocycles. The van der Waals surface area contributed by atoms with Crippen LogP contribution in [0.1, 0.15) is 42.3 Å². The number of halogens is 3. The minimum Gasteiger partial charge on any atom is -0.347 e. The van der Waals surface area contributed by atoms with Gasteiger partial charge in [0.1, 0.15) is 0 Å². The fourth-order valence-corrected chi connectivity index (χ4v) is 3.40. The van der Waals surface area contributed by atoms with Crippen LogP contribution in [0.4, 0.5) is 18.9 Å². The number of anilines is 1. The number of hydrogen-bond acceptors (Lipinski definition) is 3. The molecule has 0 radical (unpaired) electrons. The highest BCUT2D eigenvalue weighted by Crippen LogP contribution is 2.33. The molecule has 2 rings (SSSR count). The Bertz CT molecular complexity index is 977. The predicted molar refractivity (Wildman–Crippen MR) is 101 cm³/mol. The Balaban J connectivity index is 2.52. The number of rotatable bonds is 4. The Morgan fingerprint density at radius 2 is 1.54 bits per heavy atom. The van der Waals surface area contributed by atoms with Crippen molar-refractivity contribution in [2.24, 2.45) is 0 Å². The molecule has 0 bridgehead atoms. The second-order valence-corrected chi connectivity index (χ2v) is 9.06. The van der Waals surface area contributed by atoms with E-state index in [2.05, 4.69) is 10.0 Å². The van der Waals surface area contributed by atoms with Crippen molar-refractivity contribution in [3.63, 3.8) is 0 Å². The van der Waals surface area contributed by atoms with Crippen molar-refractivity contribution in [1.29, 1.82) is 0 Å². The molecule has 0 aliphatic heterocycles. The van der Waals surface area contributed by atoms with Gasteiger partial charge in [-0.2, -0.15) is 13.2 Å². The summed E-state index contributed by atoms with van der Waals surface area (Å²) in [6, 6.07) is 8.10. The van der Waals surface area contributed by atoms with E-state index in [0.717, 1.165) is 17.7 Å². The molecule has 9 heteroatoms. The molecule has 0 atom stereocenters. The standard InChI is InChI=1S/C19H21F3N2O3S/c1-12-5-8-14(9-6-12)28(26,27)24-16-11-13(19(20,21)22)7-10-15(16)17(25)23-18(2,3)4/h5-11,24H,1-4H3,(H,23,25). The second-order valence-electron chi connectivity index (χ2n) is 7.38. The minimum atomic E-state index is -4.69. The molecule has 1 amide bonds. The SMILES string of the molecule is Cc1ccc(S(=O)(=O)Nc2cc(C(F)(F)F)ccc2C(=O)NC(C)(C)C)cc1. The van der Waals surface area contributed by atoms with Crippen LogP contribution in [0, 0.1) is 6.92 Å². The maximum atomic E-state index is 13.1.